The predicted molar refractivity (Wildman–Crippen MR) is 59.8 cm³/mol. The third-order valence-electron chi connectivity index (χ3n) is 3.83. The van der Waals surface area contributed by atoms with Crippen LogP contribution < -0.4 is 0 Å². The van der Waals surface area contributed by atoms with Gasteiger partial charge in [0.1, 0.15) is 0 Å². The number of allylic oxidation sites excluding steroid dienone is 2. The zero-order valence-corrected chi connectivity index (χ0v) is 10.1. The predicted octanol–water partition coefficient (Wildman–Crippen LogP) is 4.56. The first-order valence-electron chi connectivity index (χ1n) is 5.41. The molecule has 0 N–H and O–H groups in total. The van der Waals surface area contributed by atoms with E-state index in [9.17, 15) is 0 Å². The molecule has 1 aliphatic rings. The average Bonchev–Trinajstić information content (AvgIpc) is 2.03. The van der Waals surface area contributed by atoms with E-state index in [0.717, 1.165) is 0 Å². The van der Waals surface area contributed by atoms with Crippen LogP contribution in [0.1, 0.15) is 60.8 Å². The van der Waals surface area contributed by atoms with Crippen LogP contribution in [-0.4, -0.2) is 0 Å². The highest BCUT2D eigenvalue weighted by Gasteiger charge is 2.31. The minimum Gasteiger partial charge on any atom is -0.0733 e. The third kappa shape index (κ3) is 2.36. The van der Waals surface area contributed by atoms with Gasteiger partial charge in [-0.1, -0.05) is 38.8 Å². The third-order valence-corrected chi connectivity index (χ3v) is 3.83. The van der Waals surface area contributed by atoms with Crippen molar-refractivity contribution in [2.45, 2.75) is 60.8 Å². The minimum absolute atomic E-state index is 0.428. The molecule has 0 aromatic heterocycles. The monoisotopic (exact) mass is 180 g/mol. The zero-order valence-electron chi connectivity index (χ0n) is 10.1. The molecule has 1 aliphatic carbocycles. The van der Waals surface area contributed by atoms with Crippen LogP contribution in [0.25, 0.3) is 0 Å². The van der Waals surface area contributed by atoms with Gasteiger partial charge >= 0.3 is 0 Å². The largest absolute Gasteiger partial charge is 0.0733 e. The van der Waals surface area contributed by atoms with Gasteiger partial charge in [0.05, 0.1) is 0 Å². The van der Waals surface area contributed by atoms with Gasteiger partial charge in [-0.15, -0.1) is 0 Å². The van der Waals surface area contributed by atoms with Gasteiger partial charge < -0.3 is 0 Å². The Morgan fingerprint density at radius 2 is 1.46 bits per heavy atom. The lowest BCUT2D eigenvalue weighted by atomic mass is 9.78. The molecule has 0 aliphatic heterocycles. The molecule has 0 saturated carbocycles. The van der Waals surface area contributed by atoms with Gasteiger partial charge in [0.15, 0.2) is 0 Å². The van der Waals surface area contributed by atoms with Crippen molar-refractivity contribution in [2.75, 3.05) is 0 Å². The number of rotatable bonds is 0. The molecule has 0 spiro atoms. The lowest BCUT2D eigenvalue weighted by molar-refractivity contribution is 0.285. The fourth-order valence-electron chi connectivity index (χ4n) is 2.35. The SMILES string of the molecule is CC1=C(C)C(C)(C)CCC(C)(C)C1. The van der Waals surface area contributed by atoms with Crippen LogP contribution >= 0.6 is 0 Å². The van der Waals surface area contributed by atoms with E-state index in [1.807, 2.05) is 0 Å². The van der Waals surface area contributed by atoms with Crippen molar-refractivity contribution in [1.82, 2.24) is 0 Å². The molecule has 0 fully saturated rings. The average molecular weight is 180 g/mol. The summed E-state index contributed by atoms with van der Waals surface area (Å²) in [5.41, 5.74) is 4.18. The van der Waals surface area contributed by atoms with Crippen molar-refractivity contribution in [1.29, 1.82) is 0 Å². The molecular formula is C13H24. The lowest BCUT2D eigenvalue weighted by Crippen LogP contribution is -2.14. The summed E-state index contributed by atoms with van der Waals surface area (Å²) in [6.07, 6.45) is 3.97. The van der Waals surface area contributed by atoms with Crippen LogP contribution in [0.2, 0.25) is 0 Å². The Bertz CT molecular complexity index is 228. The van der Waals surface area contributed by atoms with Gasteiger partial charge in [-0.25, -0.2) is 0 Å². The molecule has 0 bridgehead atoms. The van der Waals surface area contributed by atoms with E-state index >= 15 is 0 Å². The van der Waals surface area contributed by atoms with Crippen LogP contribution in [0.3, 0.4) is 0 Å². The maximum atomic E-state index is 2.39. The van der Waals surface area contributed by atoms with Gasteiger partial charge in [-0.3, -0.25) is 0 Å². The first-order chi connectivity index (χ1) is 5.75. The van der Waals surface area contributed by atoms with Crippen LogP contribution in [0, 0.1) is 10.8 Å². The fourth-order valence-corrected chi connectivity index (χ4v) is 2.35. The second-order valence-electron chi connectivity index (χ2n) is 6.13. The summed E-state index contributed by atoms with van der Waals surface area (Å²) >= 11 is 0. The van der Waals surface area contributed by atoms with Crippen molar-refractivity contribution in [3.05, 3.63) is 11.1 Å². The Hall–Kier alpha value is -0.260. The standard InChI is InChI=1S/C13H24/c1-10-9-12(3,4)7-8-13(5,6)11(10)2/h7-9H2,1-6H3. The molecule has 0 amide bonds. The summed E-state index contributed by atoms with van der Waals surface area (Å²) in [4.78, 5) is 0. The Balaban J connectivity index is 2.99. The smallest absolute Gasteiger partial charge is 0.0145 e. The Kier molecular flexibility index (Phi) is 2.62. The van der Waals surface area contributed by atoms with E-state index in [1.165, 1.54) is 19.3 Å². The van der Waals surface area contributed by atoms with Crippen LogP contribution in [-0.2, 0) is 0 Å². The molecule has 0 aromatic carbocycles. The van der Waals surface area contributed by atoms with Crippen molar-refractivity contribution in [3.63, 3.8) is 0 Å². The van der Waals surface area contributed by atoms with E-state index < -0.39 is 0 Å². The van der Waals surface area contributed by atoms with Crippen molar-refractivity contribution in [3.8, 4) is 0 Å². The molecule has 0 unspecified atom stereocenters. The van der Waals surface area contributed by atoms with Crippen molar-refractivity contribution in [2.24, 2.45) is 10.8 Å². The topological polar surface area (TPSA) is 0 Å². The molecule has 13 heavy (non-hydrogen) atoms. The highest BCUT2D eigenvalue weighted by molar-refractivity contribution is 5.20. The van der Waals surface area contributed by atoms with Gasteiger partial charge in [0, 0.05) is 0 Å². The number of hydrogen-bond acceptors (Lipinski definition) is 0. The van der Waals surface area contributed by atoms with Crippen LogP contribution in [0.4, 0.5) is 0 Å². The Morgan fingerprint density at radius 1 is 0.923 bits per heavy atom. The summed E-state index contributed by atoms with van der Waals surface area (Å²) in [5.74, 6) is 0. The second-order valence-corrected chi connectivity index (χ2v) is 6.13. The second kappa shape index (κ2) is 3.15. The van der Waals surface area contributed by atoms with Gasteiger partial charge in [-0.2, -0.15) is 0 Å². The summed E-state index contributed by atoms with van der Waals surface area (Å²) < 4.78 is 0. The van der Waals surface area contributed by atoms with Crippen molar-refractivity contribution >= 4 is 0 Å². The van der Waals surface area contributed by atoms with Crippen molar-refractivity contribution < 1.29 is 0 Å². The van der Waals surface area contributed by atoms with Crippen LogP contribution in [0.15, 0.2) is 11.1 Å². The molecule has 0 saturated heterocycles. The number of hydrogen-bond donors (Lipinski definition) is 0. The van der Waals surface area contributed by atoms with E-state index in [-0.39, 0.29) is 0 Å². The first-order valence-corrected chi connectivity index (χ1v) is 5.41. The molecule has 1 rings (SSSR count). The maximum Gasteiger partial charge on any atom is -0.0145 e. The summed E-state index contributed by atoms with van der Waals surface area (Å²) in [6, 6.07) is 0. The summed E-state index contributed by atoms with van der Waals surface area (Å²) in [5, 5.41) is 0. The zero-order chi connectivity index (χ0) is 10.3. The first kappa shape index (κ1) is 10.8. The Labute approximate surface area is 83.4 Å². The van der Waals surface area contributed by atoms with E-state index in [4.69, 9.17) is 0 Å². The quantitative estimate of drug-likeness (QED) is 0.479. The van der Waals surface area contributed by atoms with Gasteiger partial charge in [-0.05, 0) is 43.9 Å². The molecular weight excluding hydrogens is 156 g/mol. The minimum atomic E-state index is 0.428. The molecule has 0 radical (unpaired) electrons. The molecule has 0 heteroatoms. The maximum absolute atomic E-state index is 2.39. The van der Waals surface area contributed by atoms with Crippen LogP contribution in [0.5, 0.6) is 0 Å². The highest BCUT2D eigenvalue weighted by atomic mass is 14.4. The molecule has 0 nitrogen and oxygen atoms in total. The normalized spacial score (nSPS) is 27.2. The van der Waals surface area contributed by atoms with E-state index in [0.29, 0.717) is 10.8 Å². The van der Waals surface area contributed by atoms with E-state index in [2.05, 4.69) is 41.5 Å². The molecule has 0 atom stereocenters. The molecule has 0 heterocycles. The Morgan fingerprint density at radius 3 is 2.00 bits per heavy atom. The molecule has 76 valence electrons. The summed E-state index contributed by atoms with van der Waals surface area (Å²) in [7, 11) is 0. The van der Waals surface area contributed by atoms with Gasteiger partial charge in [0.2, 0.25) is 0 Å². The van der Waals surface area contributed by atoms with Gasteiger partial charge in [0.25, 0.3) is 0 Å². The highest BCUT2D eigenvalue weighted by Crippen LogP contribution is 2.44. The lowest BCUT2D eigenvalue weighted by Gasteiger charge is -2.26. The summed E-state index contributed by atoms with van der Waals surface area (Å²) in [6.45, 7) is 14.2. The molecule has 0 aromatic rings. The van der Waals surface area contributed by atoms with E-state index in [1.54, 1.807) is 11.1 Å². The fraction of sp³-hybridized carbons (Fsp3) is 0.846.